The highest BCUT2D eigenvalue weighted by Gasteiger charge is 2.24. The highest BCUT2D eigenvalue weighted by molar-refractivity contribution is 7.90. The van der Waals surface area contributed by atoms with Crippen molar-refractivity contribution in [3.63, 3.8) is 0 Å². The van der Waals surface area contributed by atoms with Gasteiger partial charge in [0, 0.05) is 26.5 Å². The molecule has 0 bridgehead atoms. The lowest BCUT2D eigenvalue weighted by molar-refractivity contribution is 0.468. The molecule has 0 fully saturated rings. The van der Waals surface area contributed by atoms with Gasteiger partial charge in [0.15, 0.2) is 0 Å². The van der Waals surface area contributed by atoms with Crippen molar-refractivity contribution in [1.29, 1.82) is 0 Å². The summed E-state index contributed by atoms with van der Waals surface area (Å²) < 4.78 is 27.2. The van der Waals surface area contributed by atoms with Gasteiger partial charge in [-0.1, -0.05) is 18.2 Å². The third kappa shape index (κ3) is 3.37. The molecule has 0 aliphatic rings. The van der Waals surface area contributed by atoms with Crippen LogP contribution < -0.4 is 4.31 Å². The molecular weight excluding hydrogens is 272 g/mol. The Morgan fingerprint density at radius 2 is 1.83 bits per heavy atom. The van der Waals surface area contributed by atoms with Crippen LogP contribution >= 0.6 is 11.6 Å². The van der Waals surface area contributed by atoms with Crippen molar-refractivity contribution >= 4 is 27.5 Å². The molecule has 0 radical (unpaired) electrons. The number of anilines is 1. The molecule has 0 N–H and O–H groups in total. The molecule has 1 aromatic rings. The molecule has 0 atom stereocenters. The van der Waals surface area contributed by atoms with Gasteiger partial charge in [0.2, 0.25) is 0 Å². The van der Waals surface area contributed by atoms with Crippen molar-refractivity contribution in [2.45, 2.75) is 13.3 Å². The molecule has 0 aliphatic carbocycles. The minimum atomic E-state index is -3.48. The van der Waals surface area contributed by atoms with Gasteiger partial charge in [-0.2, -0.15) is 12.7 Å². The van der Waals surface area contributed by atoms with Crippen molar-refractivity contribution < 1.29 is 8.42 Å². The molecule has 4 nitrogen and oxygen atoms in total. The van der Waals surface area contributed by atoms with Gasteiger partial charge in [-0.15, -0.1) is 11.6 Å². The van der Waals surface area contributed by atoms with Gasteiger partial charge in [-0.05, 0) is 25.0 Å². The highest BCUT2D eigenvalue weighted by atomic mass is 35.5. The summed E-state index contributed by atoms with van der Waals surface area (Å²) in [6, 6.07) is 7.39. The molecule has 0 unspecified atom stereocenters. The molecule has 102 valence electrons. The monoisotopic (exact) mass is 290 g/mol. The summed E-state index contributed by atoms with van der Waals surface area (Å²) >= 11 is 5.58. The van der Waals surface area contributed by atoms with Crippen LogP contribution in [0, 0.1) is 6.92 Å². The van der Waals surface area contributed by atoms with Crippen LogP contribution in [-0.2, 0) is 10.2 Å². The Hall–Kier alpha value is -0.780. The third-order valence-electron chi connectivity index (χ3n) is 2.80. The Morgan fingerprint density at radius 3 is 2.39 bits per heavy atom. The van der Waals surface area contributed by atoms with Crippen LogP contribution in [0.1, 0.15) is 12.0 Å². The Bertz CT molecular complexity index is 491. The molecule has 6 heteroatoms. The SMILES string of the molecule is Cc1ccccc1N(C)S(=O)(=O)N(C)CCCCl. The predicted octanol–water partition coefficient (Wildman–Crippen LogP) is 2.24. The Kier molecular flexibility index (Phi) is 5.44. The van der Waals surface area contributed by atoms with Crippen molar-refractivity contribution in [3.05, 3.63) is 29.8 Å². The van der Waals surface area contributed by atoms with E-state index in [-0.39, 0.29) is 0 Å². The maximum absolute atomic E-state index is 12.3. The van der Waals surface area contributed by atoms with E-state index in [0.717, 1.165) is 5.56 Å². The molecule has 0 saturated heterocycles. The molecule has 18 heavy (non-hydrogen) atoms. The molecule has 0 saturated carbocycles. The first-order chi connectivity index (χ1) is 8.41. The standard InChI is InChI=1S/C12H19ClN2O2S/c1-11-7-4-5-8-12(11)15(3)18(16,17)14(2)10-6-9-13/h4-5,7-8H,6,9-10H2,1-3H3. The normalized spacial score (nSPS) is 11.8. The van der Waals surface area contributed by atoms with Crippen molar-refractivity contribution in [3.8, 4) is 0 Å². The Labute approximate surface area is 114 Å². The van der Waals surface area contributed by atoms with E-state index in [0.29, 0.717) is 24.5 Å². The van der Waals surface area contributed by atoms with Gasteiger partial charge < -0.3 is 0 Å². The zero-order chi connectivity index (χ0) is 13.8. The number of alkyl halides is 1. The fourth-order valence-electron chi connectivity index (χ4n) is 1.65. The maximum Gasteiger partial charge on any atom is 0.303 e. The summed E-state index contributed by atoms with van der Waals surface area (Å²) in [5.74, 6) is 0.452. The number of aryl methyl sites for hydroxylation is 1. The maximum atomic E-state index is 12.3. The van der Waals surface area contributed by atoms with Crippen LogP contribution in [-0.4, -0.2) is 39.2 Å². The topological polar surface area (TPSA) is 40.6 Å². The smallest absolute Gasteiger partial charge is 0.260 e. The van der Waals surface area contributed by atoms with Crippen LogP contribution in [0.5, 0.6) is 0 Å². The zero-order valence-corrected chi connectivity index (χ0v) is 12.5. The number of hydrogen-bond acceptors (Lipinski definition) is 2. The van der Waals surface area contributed by atoms with Gasteiger partial charge in [-0.25, -0.2) is 0 Å². The van der Waals surface area contributed by atoms with Crippen molar-refractivity contribution in [1.82, 2.24) is 4.31 Å². The van der Waals surface area contributed by atoms with E-state index in [9.17, 15) is 8.42 Å². The average Bonchev–Trinajstić information content (AvgIpc) is 2.35. The summed E-state index contributed by atoms with van der Waals surface area (Å²) in [6.45, 7) is 2.31. The van der Waals surface area contributed by atoms with Crippen LogP contribution in [0.3, 0.4) is 0 Å². The molecule has 0 aromatic heterocycles. The second-order valence-corrected chi connectivity index (χ2v) is 6.57. The van der Waals surface area contributed by atoms with Crippen LogP contribution in [0.25, 0.3) is 0 Å². The predicted molar refractivity (Wildman–Crippen MR) is 76.5 cm³/mol. The third-order valence-corrected chi connectivity index (χ3v) is 4.93. The number of para-hydroxylation sites is 1. The molecule has 1 rings (SSSR count). The largest absolute Gasteiger partial charge is 0.303 e. The van der Waals surface area contributed by atoms with Crippen LogP contribution in [0.4, 0.5) is 5.69 Å². The zero-order valence-electron chi connectivity index (χ0n) is 10.9. The average molecular weight is 291 g/mol. The summed E-state index contributed by atoms with van der Waals surface area (Å²) in [6.07, 6.45) is 0.638. The Balaban J connectivity index is 2.95. The number of benzene rings is 1. The van der Waals surface area contributed by atoms with Gasteiger partial charge in [0.25, 0.3) is 0 Å². The van der Waals surface area contributed by atoms with Gasteiger partial charge in [0.1, 0.15) is 0 Å². The minimum Gasteiger partial charge on any atom is -0.260 e. The quantitative estimate of drug-likeness (QED) is 0.754. The second kappa shape index (κ2) is 6.41. The summed E-state index contributed by atoms with van der Waals surface area (Å²) in [7, 11) is -0.348. The van der Waals surface area contributed by atoms with Gasteiger partial charge in [-0.3, -0.25) is 4.31 Å². The Morgan fingerprint density at radius 1 is 1.22 bits per heavy atom. The first-order valence-corrected chi connectivity index (χ1v) is 7.66. The van der Waals surface area contributed by atoms with E-state index in [1.54, 1.807) is 20.2 Å². The van der Waals surface area contributed by atoms with Crippen LogP contribution in [0.2, 0.25) is 0 Å². The number of rotatable bonds is 6. The molecule has 0 spiro atoms. The minimum absolute atomic E-state index is 0.419. The van der Waals surface area contributed by atoms with Gasteiger partial charge in [0.05, 0.1) is 5.69 Å². The lowest BCUT2D eigenvalue weighted by Crippen LogP contribution is -2.40. The molecule has 0 heterocycles. The first-order valence-electron chi connectivity index (χ1n) is 5.73. The van der Waals surface area contributed by atoms with Crippen molar-refractivity contribution in [2.24, 2.45) is 0 Å². The molecule has 1 aromatic carbocycles. The van der Waals surface area contributed by atoms with E-state index < -0.39 is 10.2 Å². The second-order valence-electron chi connectivity index (χ2n) is 4.13. The number of hydrogen-bond donors (Lipinski definition) is 0. The van der Waals surface area contributed by atoms with E-state index >= 15 is 0 Å². The van der Waals surface area contributed by atoms with Crippen molar-refractivity contribution in [2.75, 3.05) is 30.8 Å². The van der Waals surface area contributed by atoms with E-state index in [2.05, 4.69) is 0 Å². The lowest BCUT2D eigenvalue weighted by atomic mass is 10.2. The highest BCUT2D eigenvalue weighted by Crippen LogP contribution is 2.21. The molecular formula is C12H19ClN2O2S. The first kappa shape index (κ1) is 15.3. The number of nitrogens with zero attached hydrogens (tertiary/aromatic N) is 2. The van der Waals surface area contributed by atoms with Gasteiger partial charge >= 0.3 is 10.2 Å². The van der Waals surface area contributed by atoms with E-state index in [4.69, 9.17) is 11.6 Å². The number of halogens is 1. The summed E-state index contributed by atoms with van der Waals surface area (Å²) in [4.78, 5) is 0. The fourth-order valence-corrected chi connectivity index (χ4v) is 3.00. The fraction of sp³-hybridized carbons (Fsp3) is 0.500. The summed E-state index contributed by atoms with van der Waals surface area (Å²) in [5, 5.41) is 0. The van der Waals surface area contributed by atoms with Crippen LogP contribution in [0.15, 0.2) is 24.3 Å². The molecule has 0 aliphatic heterocycles. The molecule has 0 amide bonds. The lowest BCUT2D eigenvalue weighted by Gasteiger charge is -2.26. The van der Waals surface area contributed by atoms with E-state index in [1.807, 2.05) is 25.1 Å². The summed E-state index contributed by atoms with van der Waals surface area (Å²) in [5.41, 5.74) is 1.62. The van der Waals surface area contributed by atoms with E-state index in [1.165, 1.54) is 8.61 Å².